The van der Waals surface area contributed by atoms with Crippen molar-refractivity contribution in [2.45, 2.75) is 24.9 Å². The van der Waals surface area contributed by atoms with E-state index in [1.54, 1.807) is 6.92 Å². The summed E-state index contributed by atoms with van der Waals surface area (Å²) in [5.74, 6) is -2.75. The van der Waals surface area contributed by atoms with Gasteiger partial charge >= 0.3 is 8.60 Å². The van der Waals surface area contributed by atoms with Crippen LogP contribution in [0.5, 0.6) is 0 Å². The average molecular weight is 180 g/mol. The molecule has 0 spiro atoms. The fraction of sp³-hybridized carbons (Fsp3) is 1.00. The van der Waals surface area contributed by atoms with Crippen LogP contribution in [0.25, 0.3) is 0 Å². The molecule has 3 aliphatic heterocycles. The first-order valence-electron chi connectivity index (χ1n) is 3.36. The van der Waals surface area contributed by atoms with Crippen LogP contribution in [-0.4, -0.2) is 28.4 Å². The number of hydrogen-bond acceptors (Lipinski definition) is 5. The van der Waals surface area contributed by atoms with Gasteiger partial charge in [-0.3, -0.25) is 13.6 Å². The summed E-state index contributed by atoms with van der Waals surface area (Å²) in [6, 6.07) is 0. The highest BCUT2D eigenvalue weighted by molar-refractivity contribution is 7.43. The summed E-state index contributed by atoms with van der Waals surface area (Å²) >= 11 is 0. The second kappa shape index (κ2) is 2.13. The van der Waals surface area contributed by atoms with E-state index in [1.165, 1.54) is 0 Å². The van der Waals surface area contributed by atoms with Gasteiger partial charge in [-0.05, 0) is 0 Å². The van der Waals surface area contributed by atoms with Gasteiger partial charge in [0.25, 0.3) is 5.79 Å². The predicted molar refractivity (Wildman–Crippen MR) is 35.2 cm³/mol. The topological polar surface area (TPSA) is 68.2 Å². The van der Waals surface area contributed by atoms with Crippen LogP contribution in [0.1, 0.15) is 13.3 Å². The second-order valence-electron chi connectivity index (χ2n) is 2.55. The lowest BCUT2D eigenvalue weighted by atomic mass is 10.1. The van der Waals surface area contributed by atoms with Crippen LogP contribution in [0.3, 0.4) is 0 Å². The zero-order valence-corrected chi connectivity index (χ0v) is 6.88. The molecule has 0 saturated carbocycles. The van der Waals surface area contributed by atoms with Gasteiger partial charge in [-0.1, -0.05) is 6.92 Å². The van der Waals surface area contributed by atoms with Crippen LogP contribution in [0.15, 0.2) is 0 Å². The Labute approximate surface area is 64.9 Å². The van der Waals surface area contributed by atoms with Crippen molar-refractivity contribution in [2.24, 2.45) is 0 Å². The molecule has 1 unspecified atom stereocenters. The SMILES string of the molecule is CCC1(O)OP2OC1(CO)O2. The summed E-state index contributed by atoms with van der Waals surface area (Å²) < 4.78 is 15.0. The molecule has 3 rings (SSSR count). The van der Waals surface area contributed by atoms with Crippen molar-refractivity contribution < 1.29 is 23.8 Å². The summed E-state index contributed by atoms with van der Waals surface area (Å²) in [6.07, 6.45) is 0.340. The third kappa shape index (κ3) is 0.758. The van der Waals surface area contributed by atoms with E-state index in [0.717, 1.165) is 0 Å². The summed E-state index contributed by atoms with van der Waals surface area (Å²) in [5, 5.41) is 18.5. The van der Waals surface area contributed by atoms with Gasteiger partial charge in [0.05, 0.1) is 0 Å². The van der Waals surface area contributed by atoms with Gasteiger partial charge in [0.1, 0.15) is 6.61 Å². The minimum absolute atomic E-state index is 0.340. The maximum atomic E-state index is 9.64. The highest BCUT2D eigenvalue weighted by atomic mass is 31.2. The molecule has 0 aromatic rings. The molecule has 0 radical (unpaired) electrons. The number of fused-ring (bicyclic) bond motifs is 1. The van der Waals surface area contributed by atoms with Gasteiger partial charge in [-0.15, -0.1) is 0 Å². The molecule has 0 amide bonds. The Kier molecular flexibility index (Phi) is 1.52. The molecule has 2 N–H and O–H groups in total. The molecule has 2 bridgehead atoms. The van der Waals surface area contributed by atoms with Crippen LogP contribution in [0.4, 0.5) is 0 Å². The van der Waals surface area contributed by atoms with Gasteiger partial charge in [-0.25, -0.2) is 0 Å². The highest BCUT2D eigenvalue weighted by Crippen LogP contribution is 2.71. The Bertz CT molecular complexity index is 176. The number of rotatable bonds is 2. The van der Waals surface area contributed by atoms with Crippen LogP contribution >= 0.6 is 8.60 Å². The predicted octanol–water partition coefficient (Wildman–Crippen LogP) is 0.0775. The standard InChI is InChI=1S/C5H9O5P/c1-2-4(7)5(3-6)9-11(8-4)10-5/h6-7H,2-3H2,1H3. The summed E-state index contributed by atoms with van der Waals surface area (Å²) in [6.45, 7) is 1.36. The molecule has 3 heterocycles. The van der Waals surface area contributed by atoms with E-state index in [9.17, 15) is 5.11 Å². The third-order valence-corrected chi connectivity index (χ3v) is 3.29. The Hall–Kier alpha value is 0.230. The van der Waals surface area contributed by atoms with Crippen LogP contribution in [0.2, 0.25) is 0 Å². The quantitative estimate of drug-likeness (QED) is 0.589. The molecule has 3 aliphatic rings. The van der Waals surface area contributed by atoms with Gasteiger partial charge in [0.2, 0.25) is 5.79 Å². The largest absolute Gasteiger partial charge is 0.391 e. The maximum absolute atomic E-state index is 9.64. The van der Waals surface area contributed by atoms with Gasteiger partial charge in [-0.2, -0.15) is 0 Å². The normalized spacial score (nSPS) is 54.3. The second-order valence-corrected chi connectivity index (χ2v) is 3.54. The minimum atomic E-state index is -1.45. The summed E-state index contributed by atoms with van der Waals surface area (Å²) in [5.41, 5.74) is 0. The van der Waals surface area contributed by atoms with Gasteiger partial charge in [0, 0.05) is 6.42 Å². The maximum Gasteiger partial charge on any atom is 0.341 e. The molecule has 3 fully saturated rings. The lowest BCUT2D eigenvalue weighted by Crippen LogP contribution is -2.55. The van der Waals surface area contributed by atoms with Crippen LogP contribution in [0, 0.1) is 0 Å². The fourth-order valence-electron chi connectivity index (χ4n) is 1.14. The average Bonchev–Trinajstić information content (AvgIpc) is 2.36. The number of aliphatic hydroxyl groups excluding tert-OH is 1. The van der Waals surface area contributed by atoms with Crippen molar-refractivity contribution in [3.8, 4) is 0 Å². The van der Waals surface area contributed by atoms with E-state index in [-0.39, 0.29) is 6.61 Å². The van der Waals surface area contributed by atoms with Crippen molar-refractivity contribution in [2.75, 3.05) is 6.61 Å². The van der Waals surface area contributed by atoms with Gasteiger partial charge < -0.3 is 10.2 Å². The highest BCUT2D eigenvalue weighted by Gasteiger charge is 2.72. The van der Waals surface area contributed by atoms with Crippen molar-refractivity contribution >= 4 is 8.60 Å². The Morgan fingerprint density at radius 1 is 1.36 bits per heavy atom. The molecule has 6 heteroatoms. The van der Waals surface area contributed by atoms with E-state index >= 15 is 0 Å². The van der Waals surface area contributed by atoms with Crippen molar-refractivity contribution in [3.63, 3.8) is 0 Å². The zero-order valence-electron chi connectivity index (χ0n) is 5.98. The Morgan fingerprint density at radius 2 is 2.00 bits per heavy atom. The van der Waals surface area contributed by atoms with Crippen LogP contribution in [-0.2, 0) is 13.6 Å². The molecule has 5 nitrogen and oxygen atoms in total. The van der Waals surface area contributed by atoms with E-state index in [2.05, 4.69) is 0 Å². The Morgan fingerprint density at radius 3 is 2.36 bits per heavy atom. The molecular formula is C5H9O5P. The summed E-state index contributed by atoms with van der Waals surface area (Å²) in [4.78, 5) is 0. The van der Waals surface area contributed by atoms with E-state index < -0.39 is 20.2 Å². The number of aliphatic hydroxyl groups is 2. The molecule has 0 aromatic carbocycles. The first-order chi connectivity index (χ1) is 5.16. The molecular weight excluding hydrogens is 171 g/mol. The van der Waals surface area contributed by atoms with Crippen LogP contribution < -0.4 is 0 Å². The molecule has 0 aromatic heterocycles. The molecule has 3 saturated heterocycles. The van der Waals surface area contributed by atoms with Crippen molar-refractivity contribution in [1.29, 1.82) is 0 Å². The molecule has 1 atom stereocenters. The van der Waals surface area contributed by atoms with E-state index in [0.29, 0.717) is 6.42 Å². The lowest BCUT2D eigenvalue weighted by molar-refractivity contribution is -0.295. The molecule has 64 valence electrons. The first-order valence-corrected chi connectivity index (χ1v) is 4.46. The number of hydrogen-bond donors (Lipinski definition) is 2. The minimum Gasteiger partial charge on any atom is -0.391 e. The van der Waals surface area contributed by atoms with Gasteiger partial charge in [0.15, 0.2) is 0 Å². The van der Waals surface area contributed by atoms with E-state index in [4.69, 9.17) is 18.7 Å². The Balaban J connectivity index is 2.23. The van der Waals surface area contributed by atoms with E-state index in [1.807, 2.05) is 0 Å². The lowest BCUT2D eigenvalue weighted by Gasteiger charge is -2.36. The third-order valence-electron chi connectivity index (χ3n) is 1.95. The smallest absolute Gasteiger partial charge is 0.341 e. The first kappa shape index (κ1) is 7.86. The zero-order chi connectivity index (χ0) is 8.11. The molecule has 0 aliphatic carbocycles. The molecule has 11 heavy (non-hydrogen) atoms. The summed E-state index contributed by atoms with van der Waals surface area (Å²) in [7, 11) is -1.38. The van der Waals surface area contributed by atoms with Crippen molar-refractivity contribution in [3.05, 3.63) is 0 Å². The monoisotopic (exact) mass is 180 g/mol. The fourth-order valence-corrected chi connectivity index (χ4v) is 2.62. The van der Waals surface area contributed by atoms with Crippen molar-refractivity contribution in [1.82, 2.24) is 0 Å².